The number of hydrogen-bond acceptors (Lipinski definition) is 7. The van der Waals surface area contributed by atoms with Gasteiger partial charge in [0.2, 0.25) is 0 Å². The highest BCUT2D eigenvalue weighted by atomic mass is 19.1. The maximum Gasteiger partial charge on any atom is 0.306 e. The molecule has 25 heavy (non-hydrogen) atoms. The number of pyridine rings is 1. The lowest BCUT2D eigenvalue weighted by molar-refractivity contribution is -0.159. The first-order valence-corrected chi connectivity index (χ1v) is 7.72. The van der Waals surface area contributed by atoms with Crippen LogP contribution in [0.25, 0.3) is 0 Å². The predicted octanol–water partition coefficient (Wildman–Crippen LogP) is 0.453. The lowest BCUT2D eigenvalue weighted by atomic mass is 9.98. The fourth-order valence-electron chi connectivity index (χ4n) is 2.69. The van der Waals surface area contributed by atoms with Crippen molar-refractivity contribution in [2.24, 2.45) is 0 Å². The van der Waals surface area contributed by atoms with Gasteiger partial charge in [-0.1, -0.05) is 0 Å². The van der Waals surface area contributed by atoms with Gasteiger partial charge < -0.3 is 24.5 Å². The maximum absolute atomic E-state index is 15.3. The van der Waals surface area contributed by atoms with E-state index >= 15 is 4.39 Å². The van der Waals surface area contributed by atoms with Gasteiger partial charge in [0.15, 0.2) is 18.0 Å². The third kappa shape index (κ3) is 4.05. The molecule has 0 aliphatic carbocycles. The van der Waals surface area contributed by atoms with Gasteiger partial charge in [-0.3, -0.25) is 14.2 Å². The normalized spacial score (nSPS) is 28.7. The number of Topliss-reactive ketones (excluding diaryl/α,β-unsaturated/α-hetero) is 1. The van der Waals surface area contributed by atoms with Crippen LogP contribution in [0.4, 0.5) is 4.39 Å². The summed E-state index contributed by atoms with van der Waals surface area (Å²) in [6.07, 6.45) is -3.20. The van der Waals surface area contributed by atoms with Crippen molar-refractivity contribution >= 4 is 11.8 Å². The van der Waals surface area contributed by atoms with Crippen LogP contribution in [0, 0.1) is 0 Å². The molecule has 0 bridgehead atoms. The Hall–Kier alpha value is -2.26. The number of rotatable bonds is 6. The summed E-state index contributed by atoms with van der Waals surface area (Å²) in [7, 11) is 0. The second-order valence-electron chi connectivity index (χ2n) is 6.10. The van der Waals surface area contributed by atoms with E-state index in [-0.39, 0.29) is 24.4 Å². The average Bonchev–Trinajstić information content (AvgIpc) is 2.76. The van der Waals surface area contributed by atoms with Crippen molar-refractivity contribution in [2.75, 3.05) is 6.61 Å². The number of alkyl halides is 1. The van der Waals surface area contributed by atoms with Gasteiger partial charge in [-0.25, -0.2) is 4.39 Å². The molecule has 2 rings (SSSR count). The third-order valence-electron chi connectivity index (χ3n) is 3.98. The summed E-state index contributed by atoms with van der Waals surface area (Å²) in [6, 6.07) is 2.07. The third-order valence-corrected chi connectivity index (χ3v) is 3.98. The highest BCUT2D eigenvalue weighted by Crippen LogP contribution is 2.42. The summed E-state index contributed by atoms with van der Waals surface area (Å²) < 4.78 is 26.7. The minimum Gasteiger partial charge on any atom is -0.508 e. The van der Waals surface area contributed by atoms with Crippen molar-refractivity contribution in [1.82, 2.24) is 4.57 Å². The fraction of sp³-hybridized carbons (Fsp3) is 0.562. The summed E-state index contributed by atoms with van der Waals surface area (Å²) in [4.78, 5) is 34.7. The van der Waals surface area contributed by atoms with Crippen molar-refractivity contribution in [1.29, 1.82) is 0 Å². The molecule has 1 aliphatic rings. The summed E-state index contributed by atoms with van der Waals surface area (Å²) >= 11 is 0. The molecule has 4 unspecified atom stereocenters. The predicted molar refractivity (Wildman–Crippen MR) is 82.7 cm³/mol. The van der Waals surface area contributed by atoms with Gasteiger partial charge in [0, 0.05) is 18.7 Å². The molecule has 0 aromatic carbocycles. The number of ketones is 1. The zero-order chi connectivity index (χ0) is 18.8. The molecule has 1 aliphatic heterocycles. The second-order valence-corrected chi connectivity index (χ2v) is 6.10. The highest BCUT2D eigenvalue weighted by Gasteiger charge is 2.57. The summed E-state index contributed by atoms with van der Waals surface area (Å²) in [5, 5.41) is 18.7. The van der Waals surface area contributed by atoms with Crippen LogP contribution in [0.1, 0.15) is 32.9 Å². The number of aromatic hydroxyl groups is 1. The molecule has 1 aromatic heterocycles. The Morgan fingerprint density at radius 1 is 1.44 bits per heavy atom. The smallest absolute Gasteiger partial charge is 0.306 e. The molecule has 138 valence electrons. The minimum atomic E-state index is -2.32. The van der Waals surface area contributed by atoms with Crippen molar-refractivity contribution < 1.29 is 33.7 Å². The zero-order valence-corrected chi connectivity index (χ0v) is 13.8. The average molecular weight is 357 g/mol. The molecule has 1 fully saturated rings. The minimum absolute atomic E-state index is 0.0416. The first-order valence-electron chi connectivity index (χ1n) is 7.72. The quantitative estimate of drug-likeness (QED) is 0.710. The number of carbonyl (C=O) groups excluding carboxylic acids is 2. The first-order chi connectivity index (χ1) is 11.7. The Morgan fingerprint density at radius 3 is 2.68 bits per heavy atom. The Labute approximate surface area is 142 Å². The van der Waals surface area contributed by atoms with Crippen LogP contribution in [0.5, 0.6) is 5.75 Å². The zero-order valence-electron chi connectivity index (χ0n) is 13.8. The number of nitrogens with zero attached hydrogens (tertiary/aromatic N) is 1. The maximum atomic E-state index is 15.3. The van der Waals surface area contributed by atoms with E-state index in [1.807, 2.05) is 0 Å². The van der Waals surface area contributed by atoms with E-state index in [0.29, 0.717) is 0 Å². The monoisotopic (exact) mass is 357 g/mol. The van der Waals surface area contributed by atoms with Crippen LogP contribution in [0.2, 0.25) is 0 Å². The van der Waals surface area contributed by atoms with Crippen molar-refractivity contribution in [3.63, 3.8) is 0 Å². The molecular formula is C16H20FNO7. The van der Waals surface area contributed by atoms with Crippen LogP contribution in [0.15, 0.2) is 23.1 Å². The SMILES string of the molecule is CC(=O)CCC(=O)OC1C(CO)OC(n2ccc(O)cc2=O)C1(C)F. The van der Waals surface area contributed by atoms with Crippen LogP contribution in [0.3, 0.4) is 0 Å². The van der Waals surface area contributed by atoms with Gasteiger partial charge >= 0.3 is 5.97 Å². The van der Waals surface area contributed by atoms with E-state index in [9.17, 15) is 24.6 Å². The van der Waals surface area contributed by atoms with Crippen molar-refractivity contribution in [3.8, 4) is 5.75 Å². The van der Waals surface area contributed by atoms with Gasteiger partial charge in [0.05, 0.1) is 13.0 Å². The van der Waals surface area contributed by atoms with E-state index < -0.39 is 42.2 Å². The van der Waals surface area contributed by atoms with E-state index in [1.54, 1.807) is 0 Å². The molecule has 8 nitrogen and oxygen atoms in total. The van der Waals surface area contributed by atoms with E-state index in [2.05, 4.69) is 0 Å². The van der Waals surface area contributed by atoms with Crippen molar-refractivity contribution in [2.45, 2.75) is 50.8 Å². The Kier molecular flexibility index (Phi) is 5.58. The van der Waals surface area contributed by atoms with Crippen LogP contribution < -0.4 is 5.56 Å². The van der Waals surface area contributed by atoms with E-state index in [4.69, 9.17) is 9.47 Å². The molecule has 1 saturated heterocycles. The lowest BCUT2D eigenvalue weighted by Crippen LogP contribution is -2.45. The first kappa shape index (κ1) is 19.1. The summed E-state index contributed by atoms with van der Waals surface area (Å²) in [5.74, 6) is -1.30. The van der Waals surface area contributed by atoms with Gasteiger partial charge in [-0.2, -0.15) is 0 Å². The molecule has 0 spiro atoms. The number of aliphatic hydroxyl groups is 1. The van der Waals surface area contributed by atoms with Crippen molar-refractivity contribution in [3.05, 3.63) is 28.7 Å². The van der Waals surface area contributed by atoms with E-state index in [0.717, 1.165) is 23.8 Å². The molecular weight excluding hydrogens is 337 g/mol. The van der Waals surface area contributed by atoms with Gasteiger partial charge in [-0.15, -0.1) is 0 Å². The Morgan fingerprint density at radius 2 is 2.12 bits per heavy atom. The molecule has 0 radical (unpaired) electrons. The Bertz CT molecular complexity index is 715. The number of hydrogen-bond donors (Lipinski definition) is 2. The van der Waals surface area contributed by atoms with E-state index in [1.165, 1.54) is 13.0 Å². The van der Waals surface area contributed by atoms with Gasteiger partial charge in [0.1, 0.15) is 17.6 Å². The summed E-state index contributed by atoms with van der Waals surface area (Å²) in [5.41, 5.74) is -3.03. The van der Waals surface area contributed by atoms with Gasteiger partial charge in [0.25, 0.3) is 5.56 Å². The number of halogens is 1. The lowest BCUT2D eigenvalue weighted by Gasteiger charge is -2.27. The standard InChI is InChI=1S/C16H20FNO7/c1-9(20)3-4-13(23)25-14-11(8-19)24-15(16(14,2)17)18-6-5-10(21)7-12(18)22/h5-7,11,14-15,19,21H,3-4,8H2,1-2H3. The molecule has 0 amide bonds. The molecule has 4 atom stereocenters. The number of aliphatic hydroxyl groups excluding tert-OH is 1. The molecule has 2 N–H and O–H groups in total. The number of ether oxygens (including phenoxy) is 2. The highest BCUT2D eigenvalue weighted by molar-refractivity contribution is 5.81. The van der Waals surface area contributed by atoms with Crippen LogP contribution in [-0.4, -0.2) is 51.0 Å². The molecule has 0 saturated carbocycles. The van der Waals surface area contributed by atoms with Crippen LogP contribution >= 0.6 is 0 Å². The number of aromatic nitrogens is 1. The van der Waals surface area contributed by atoms with Gasteiger partial charge in [-0.05, 0) is 19.9 Å². The Balaban J connectivity index is 2.24. The number of carbonyl (C=O) groups is 2. The molecule has 2 heterocycles. The summed E-state index contributed by atoms with van der Waals surface area (Å²) in [6.45, 7) is 1.78. The number of esters is 1. The van der Waals surface area contributed by atoms with Crippen LogP contribution in [-0.2, 0) is 19.1 Å². The fourth-order valence-corrected chi connectivity index (χ4v) is 2.69. The largest absolute Gasteiger partial charge is 0.508 e. The molecule has 9 heteroatoms. The molecule has 1 aromatic rings. The topological polar surface area (TPSA) is 115 Å². The second kappa shape index (κ2) is 7.32.